The monoisotopic (exact) mass is 387 g/mol. The molecule has 0 bridgehead atoms. The van der Waals surface area contributed by atoms with Gasteiger partial charge in [-0.05, 0) is 31.9 Å². The van der Waals surface area contributed by atoms with Gasteiger partial charge in [-0.25, -0.2) is 4.98 Å². The highest BCUT2D eigenvalue weighted by Crippen LogP contribution is 2.40. The number of benzene rings is 1. The normalized spacial score (nSPS) is 14.1. The number of para-hydroxylation sites is 1. The number of fused-ring (bicyclic) bond motifs is 1. The van der Waals surface area contributed by atoms with E-state index < -0.39 is 0 Å². The van der Waals surface area contributed by atoms with Crippen LogP contribution in [-0.4, -0.2) is 43.4 Å². The lowest BCUT2D eigenvalue weighted by Crippen LogP contribution is -2.27. The maximum atomic E-state index is 12.5. The number of amides is 1. The molecule has 2 heterocycles. The molecule has 1 saturated carbocycles. The molecule has 1 fully saturated rings. The molecule has 6 nitrogen and oxygen atoms in total. The van der Waals surface area contributed by atoms with Gasteiger partial charge in [-0.15, -0.1) is 21.5 Å². The molecule has 1 aromatic carbocycles. The smallest absolute Gasteiger partial charge is 0.233 e. The van der Waals surface area contributed by atoms with Crippen molar-refractivity contribution in [3.8, 4) is 0 Å². The quantitative estimate of drug-likeness (QED) is 0.580. The zero-order valence-electron chi connectivity index (χ0n) is 14.9. The Morgan fingerprint density at radius 2 is 2.15 bits per heavy atom. The van der Waals surface area contributed by atoms with E-state index >= 15 is 0 Å². The lowest BCUT2D eigenvalue weighted by atomic mass is 10.3. The van der Waals surface area contributed by atoms with Gasteiger partial charge in [0.15, 0.2) is 5.16 Å². The predicted octanol–water partition coefficient (Wildman–Crippen LogP) is 3.54. The average molecular weight is 388 g/mol. The lowest BCUT2D eigenvalue weighted by Gasteiger charge is -2.15. The first kappa shape index (κ1) is 17.5. The fraction of sp³-hybridized carbons (Fsp3) is 0.444. The summed E-state index contributed by atoms with van der Waals surface area (Å²) in [6, 6.07) is 8.05. The van der Waals surface area contributed by atoms with Gasteiger partial charge in [0.05, 0.1) is 22.5 Å². The van der Waals surface area contributed by atoms with Crippen molar-refractivity contribution in [2.24, 2.45) is 0 Å². The Kier molecular flexibility index (Phi) is 4.95. The van der Waals surface area contributed by atoms with E-state index in [2.05, 4.69) is 32.7 Å². The topological polar surface area (TPSA) is 63.9 Å². The highest BCUT2D eigenvalue weighted by atomic mass is 32.2. The molecule has 2 aromatic heterocycles. The number of nitrogens with zero attached hydrogens (tertiary/aromatic N) is 5. The molecule has 4 rings (SSSR count). The van der Waals surface area contributed by atoms with Crippen LogP contribution in [0.3, 0.4) is 0 Å². The van der Waals surface area contributed by atoms with E-state index in [1.54, 1.807) is 16.2 Å². The van der Waals surface area contributed by atoms with Crippen molar-refractivity contribution in [1.29, 1.82) is 0 Å². The van der Waals surface area contributed by atoms with Crippen LogP contribution in [0.2, 0.25) is 0 Å². The summed E-state index contributed by atoms with van der Waals surface area (Å²) in [6.45, 7) is 3.48. The second-order valence-electron chi connectivity index (χ2n) is 6.47. The molecule has 1 aliphatic rings. The summed E-state index contributed by atoms with van der Waals surface area (Å²) in [5.41, 5.74) is 0.992. The Labute approximate surface area is 160 Å². The van der Waals surface area contributed by atoms with Crippen molar-refractivity contribution in [2.45, 2.75) is 43.9 Å². The van der Waals surface area contributed by atoms with Crippen molar-refractivity contribution in [3.05, 3.63) is 35.1 Å². The molecule has 3 aromatic rings. The van der Waals surface area contributed by atoms with Gasteiger partial charge in [0, 0.05) is 19.5 Å². The number of rotatable bonds is 7. The van der Waals surface area contributed by atoms with Crippen molar-refractivity contribution in [2.75, 3.05) is 12.8 Å². The van der Waals surface area contributed by atoms with Crippen molar-refractivity contribution in [3.63, 3.8) is 0 Å². The predicted molar refractivity (Wildman–Crippen MR) is 104 cm³/mol. The molecular formula is C18H21N5OS2. The van der Waals surface area contributed by atoms with E-state index in [1.165, 1.54) is 24.6 Å². The SMILES string of the molecule is CCn1c(SCC(=O)N(C)Cc2nc3ccccc3s2)nnc1C1CC1. The van der Waals surface area contributed by atoms with Crippen LogP contribution in [-0.2, 0) is 17.9 Å². The minimum Gasteiger partial charge on any atom is -0.338 e. The third-order valence-electron chi connectivity index (χ3n) is 4.47. The van der Waals surface area contributed by atoms with E-state index in [0.717, 1.165) is 32.7 Å². The van der Waals surface area contributed by atoms with Gasteiger partial charge in [-0.2, -0.15) is 0 Å². The van der Waals surface area contributed by atoms with E-state index in [-0.39, 0.29) is 5.91 Å². The number of thioether (sulfide) groups is 1. The van der Waals surface area contributed by atoms with Crippen LogP contribution in [0.1, 0.15) is 36.5 Å². The second kappa shape index (κ2) is 7.36. The molecule has 1 amide bonds. The van der Waals surface area contributed by atoms with Gasteiger partial charge >= 0.3 is 0 Å². The fourth-order valence-corrected chi connectivity index (χ4v) is 4.83. The Bertz CT molecular complexity index is 898. The van der Waals surface area contributed by atoms with Gasteiger partial charge < -0.3 is 9.47 Å². The highest BCUT2D eigenvalue weighted by Gasteiger charge is 2.30. The Morgan fingerprint density at radius 3 is 2.88 bits per heavy atom. The average Bonchev–Trinajstić information content (AvgIpc) is 3.27. The van der Waals surface area contributed by atoms with Gasteiger partial charge in [0.2, 0.25) is 5.91 Å². The van der Waals surface area contributed by atoms with Gasteiger partial charge in [-0.3, -0.25) is 4.79 Å². The zero-order valence-corrected chi connectivity index (χ0v) is 16.5. The molecule has 26 heavy (non-hydrogen) atoms. The maximum absolute atomic E-state index is 12.5. The maximum Gasteiger partial charge on any atom is 0.233 e. The highest BCUT2D eigenvalue weighted by molar-refractivity contribution is 7.99. The van der Waals surface area contributed by atoms with Gasteiger partial charge in [0.1, 0.15) is 10.8 Å². The number of aromatic nitrogens is 4. The second-order valence-corrected chi connectivity index (χ2v) is 8.53. The molecule has 0 radical (unpaired) electrons. The fourth-order valence-electron chi connectivity index (χ4n) is 2.86. The van der Waals surface area contributed by atoms with Crippen LogP contribution >= 0.6 is 23.1 Å². The number of carbonyl (C=O) groups excluding carboxylic acids is 1. The van der Waals surface area contributed by atoms with Crippen molar-refractivity contribution >= 4 is 39.2 Å². The standard InChI is InChI=1S/C18H21N5OS2/c1-3-23-17(12-8-9-12)20-21-18(23)25-11-16(24)22(2)10-15-19-13-6-4-5-7-14(13)26-15/h4-7,12H,3,8-11H2,1-2H3. The molecule has 0 atom stereocenters. The summed E-state index contributed by atoms with van der Waals surface area (Å²) >= 11 is 3.11. The number of hydrogen-bond donors (Lipinski definition) is 0. The van der Waals surface area contributed by atoms with Crippen LogP contribution in [0.4, 0.5) is 0 Å². The summed E-state index contributed by atoms with van der Waals surface area (Å²) in [5, 5.41) is 10.4. The first-order valence-corrected chi connectivity index (χ1v) is 10.6. The van der Waals surface area contributed by atoms with Crippen molar-refractivity contribution in [1.82, 2.24) is 24.6 Å². The van der Waals surface area contributed by atoms with Crippen LogP contribution < -0.4 is 0 Å². The molecule has 0 unspecified atom stereocenters. The van der Waals surface area contributed by atoms with Crippen LogP contribution in [0.15, 0.2) is 29.4 Å². The molecule has 0 spiro atoms. The van der Waals surface area contributed by atoms with Crippen molar-refractivity contribution < 1.29 is 4.79 Å². The summed E-state index contributed by atoms with van der Waals surface area (Å²) in [4.78, 5) is 18.9. The number of carbonyl (C=O) groups is 1. The van der Waals surface area contributed by atoms with Gasteiger partial charge in [0.25, 0.3) is 0 Å². The molecule has 0 aliphatic heterocycles. The summed E-state index contributed by atoms with van der Waals surface area (Å²) in [5.74, 6) is 2.08. The van der Waals surface area contributed by atoms with Crippen LogP contribution in [0.25, 0.3) is 10.2 Å². The van der Waals surface area contributed by atoms with E-state index in [4.69, 9.17) is 0 Å². The molecular weight excluding hydrogens is 366 g/mol. The Morgan fingerprint density at radius 1 is 1.35 bits per heavy atom. The number of thiazole rings is 1. The largest absolute Gasteiger partial charge is 0.338 e. The van der Waals surface area contributed by atoms with Gasteiger partial charge in [-0.1, -0.05) is 23.9 Å². The van der Waals surface area contributed by atoms with E-state index in [1.807, 2.05) is 25.2 Å². The molecule has 136 valence electrons. The Balaban J connectivity index is 1.37. The minimum absolute atomic E-state index is 0.0767. The van der Waals surface area contributed by atoms with E-state index in [0.29, 0.717) is 18.2 Å². The third-order valence-corrected chi connectivity index (χ3v) is 6.44. The van der Waals surface area contributed by atoms with Crippen LogP contribution in [0.5, 0.6) is 0 Å². The molecule has 1 aliphatic carbocycles. The first-order valence-electron chi connectivity index (χ1n) is 8.80. The molecule has 8 heteroatoms. The summed E-state index contributed by atoms with van der Waals surface area (Å²) in [6.07, 6.45) is 2.40. The first-order chi connectivity index (χ1) is 12.7. The minimum atomic E-state index is 0.0767. The summed E-state index contributed by atoms with van der Waals surface area (Å²) < 4.78 is 3.30. The summed E-state index contributed by atoms with van der Waals surface area (Å²) in [7, 11) is 1.83. The van der Waals surface area contributed by atoms with Crippen LogP contribution in [0, 0.1) is 0 Å². The number of hydrogen-bond acceptors (Lipinski definition) is 6. The molecule has 0 N–H and O–H groups in total. The Hall–Kier alpha value is -1.93. The molecule has 0 saturated heterocycles. The lowest BCUT2D eigenvalue weighted by molar-refractivity contribution is -0.127. The third kappa shape index (κ3) is 3.61. The van der Waals surface area contributed by atoms with E-state index in [9.17, 15) is 4.79 Å². The zero-order chi connectivity index (χ0) is 18.1.